The zero-order valence-corrected chi connectivity index (χ0v) is 16.2. The molecule has 5 heteroatoms. The highest BCUT2D eigenvalue weighted by Gasteiger charge is 2.63. The number of likely N-dealkylation sites (tertiary alicyclic amines) is 1. The van der Waals surface area contributed by atoms with Crippen LogP contribution in [0.25, 0.3) is 11.0 Å². The van der Waals surface area contributed by atoms with E-state index in [-0.39, 0.29) is 11.5 Å². The number of benzene rings is 1. The van der Waals surface area contributed by atoms with E-state index in [4.69, 9.17) is 9.15 Å². The molecule has 4 aliphatic rings. The lowest BCUT2D eigenvalue weighted by molar-refractivity contribution is -0.000880. The van der Waals surface area contributed by atoms with Crippen molar-refractivity contribution in [3.8, 4) is 0 Å². The Hall–Kier alpha value is -1.85. The number of nitrogens with zero attached hydrogens (tertiary/aromatic N) is 1. The topological polar surface area (TPSA) is 54.7 Å². The molecule has 4 heterocycles. The van der Waals surface area contributed by atoms with Crippen molar-refractivity contribution in [2.75, 3.05) is 19.6 Å². The number of fused-ring (bicyclic) bond motifs is 2. The monoisotopic (exact) mass is 380 g/mol. The van der Waals surface area contributed by atoms with E-state index in [1.165, 1.54) is 32.1 Å². The Bertz CT molecular complexity index is 869. The summed E-state index contributed by atoms with van der Waals surface area (Å²) in [5, 5.41) is 4.12. The van der Waals surface area contributed by atoms with E-state index in [1.807, 2.05) is 30.3 Å². The summed E-state index contributed by atoms with van der Waals surface area (Å²) in [5.74, 6) is 1.27. The fourth-order valence-electron chi connectivity index (χ4n) is 6.44. The van der Waals surface area contributed by atoms with E-state index in [0.29, 0.717) is 30.2 Å². The van der Waals surface area contributed by atoms with Crippen molar-refractivity contribution in [2.45, 2.75) is 56.3 Å². The number of hydrogen-bond acceptors (Lipinski definition) is 4. The molecule has 6 rings (SSSR count). The predicted octanol–water partition coefficient (Wildman–Crippen LogP) is 3.58. The third-order valence-electron chi connectivity index (χ3n) is 7.80. The van der Waals surface area contributed by atoms with Crippen molar-refractivity contribution >= 4 is 16.9 Å². The summed E-state index contributed by atoms with van der Waals surface area (Å²) in [6, 6.07) is 10.3. The van der Waals surface area contributed by atoms with Gasteiger partial charge in [-0.1, -0.05) is 31.0 Å². The van der Waals surface area contributed by atoms with E-state index in [1.54, 1.807) is 0 Å². The van der Waals surface area contributed by atoms with Gasteiger partial charge in [-0.15, -0.1) is 0 Å². The summed E-state index contributed by atoms with van der Waals surface area (Å²) in [6.07, 6.45) is 8.09. The second kappa shape index (κ2) is 6.33. The van der Waals surface area contributed by atoms with E-state index in [0.717, 1.165) is 36.5 Å². The molecule has 1 spiro atoms. The van der Waals surface area contributed by atoms with Crippen LogP contribution in [0.2, 0.25) is 0 Å². The highest BCUT2D eigenvalue weighted by molar-refractivity contribution is 5.96. The van der Waals surface area contributed by atoms with Crippen molar-refractivity contribution < 1.29 is 13.9 Å². The van der Waals surface area contributed by atoms with Gasteiger partial charge in [-0.2, -0.15) is 0 Å². The first-order valence-corrected chi connectivity index (χ1v) is 10.9. The molecule has 3 aliphatic heterocycles. The summed E-state index contributed by atoms with van der Waals surface area (Å²) in [7, 11) is 0. The first-order valence-electron chi connectivity index (χ1n) is 10.9. The summed E-state index contributed by atoms with van der Waals surface area (Å²) < 4.78 is 12.3. The normalized spacial score (nSPS) is 35.1. The molecule has 0 radical (unpaired) electrons. The van der Waals surface area contributed by atoms with Gasteiger partial charge in [0.1, 0.15) is 5.58 Å². The molecule has 1 aromatic carbocycles. The van der Waals surface area contributed by atoms with Crippen LogP contribution >= 0.6 is 0 Å². The number of furan rings is 1. The Kier molecular flexibility index (Phi) is 3.85. The van der Waals surface area contributed by atoms with Crippen molar-refractivity contribution in [1.29, 1.82) is 0 Å². The largest absolute Gasteiger partial charge is 0.451 e. The van der Waals surface area contributed by atoms with Gasteiger partial charge in [-0.3, -0.25) is 9.69 Å². The van der Waals surface area contributed by atoms with Gasteiger partial charge < -0.3 is 14.5 Å². The fraction of sp³-hybridized carbons (Fsp3) is 0.609. The molecule has 1 aliphatic carbocycles. The van der Waals surface area contributed by atoms with Gasteiger partial charge in [0.2, 0.25) is 0 Å². The number of ether oxygens (including phenoxy) is 1. The summed E-state index contributed by atoms with van der Waals surface area (Å²) in [6.45, 7) is 2.94. The van der Waals surface area contributed by atoms with E-state index in [2.05, 4.69) is 10.2 Å². The van der Waals surface area contributed by atoms with Gasteiger partial charge >= 0.3 is 0 Å². The number of amides is 1. The maximum atomic E-state index is 12.7. The van der Waals surface area contributed by atoms with Gasteiger partial charge in [0.25, 0.3) is 5.91 Å². The summed E-state index contributed by atoms with van der Waals surface area (Å²) >= 11 is 0. The molecule has 2 bridgehead atoms. The summed E-state index contributed by atoms with van der Waals surface area (Å²) in [4.78, 5) is 15.4. The minimum Gasteiger partial charge on any atom is -0.451 e. The van der Waals surface area contributed by atoms with Crippen LogP contribution in [0.15, 0.2) is 34.7 Å². The minimum atomic E-state index is -0.112. The first kappa shape index (κ1) is 17.0. The Morgan fingerprint density at radius 2 is 2.07 bits per heavy atom. The highest BCUT2D eigenvalue weighted by Crippen LogP contribution is 2.55. The summed E-state index contributed by atoms with van der Waals surface area (Å²) in [5.41, 5.74) is 0.819. The highest BCUT2D eigenvalue weighted by atomic mass is 16.5. The van der Waals surface area contributed by atoms with Crippen LogP contribution in [0.1, 0.15) is 49.1 Å². The molecule has 0 unspecified atom stereocenters. The van der Waals surface area contributed by atoms with Crippen LogP contribution in [0.4, 0.5) is 0 Å². The van der Waals surface area contributed by atoms with Crippen molar-refractivity contribution in [3.63, 3.8) is 0 Å². The fourth-order valence-corrected chi connectivity index (χ4v) is 6.44. The van der Waals surface area contributed by atoms with E-state index in [9.17, 15) is 4.79 Å². The average molecular weight is 380 g/mol. The molecule has 28 heavy (non-hydrogen) atoms. The number of hydrogen-bond donors (Lipinski definition) is 1. The van der Waals surface area contributed by atoms with Crippen LogP contribution in [-0.4, -0.2) is 48.2 Å². The van der Waals surface area contributed by atoms with Crippen molar-refractivity contribution in [2.24, 2.45) is 11.8 Å². The lowest BCUT2D eigenvalue weighted by Gasteiger charge is -2.29. The van der Waals surface area contributed by atoms with Crippen LogP contribution in [-0.2, 0) is 4.74 Å². The van der Waals surface area contributed by atoms with Gasteiger partial charge in [0.15, 0.2) is 5.76 Å². The predicted molar refractivity (Wildman–Crippen MR) is 106 cm³/mol. The van der Waals surface area contributed by atoms with Crippen LogP contribution in [0, 0.1) is 11.8 Å². The van der Waals surface area contributed by atoms with Gasteiger partial charge in [0, 0.05) is 42.9 Å². The van der Waals surface area contributed by atoms with Crippen LogP contribution < -0.4 is 5.32 Å². The molecule has 3 saturated heterocycles. The average Bonchev–Trinajstić information content (AvgIpc) is 3.51. The second-order valence-corrected chi connectivity index (χ2v) is 9.26. The molecule has 1 N–H and O–H groups in total. The molecular weight excluding hydrogens is 352 g/mol. The Labute approximate surface area is 165 Å². The third kappa shape index (κ3) is 2.56. The number of para-hydroxylation sites is 1. The Morgan fingerprint density at radius 3 is 2.93 bits per heavy atom. The molecule has 148 valence electrons. The van der Waals surface area contributed by atoms with Gasteiger partial charge in [-0.05, 0) is 37.8 Å². The molecule has 4 atom stereocenters. The minimum absolute atomic E-state index is 0.0576. The molecular formula is C23H28N2O3. The zero-order valence-electron chi connectivity index (χ0n) is 16.2. The Morgan fingerprint density at radius 1 is 1.21 bits per heavy atom. The van der Waals surface area contributed by atoms with Crippen LogP contribution in [0.3, 0.4) is 0 Å². The maximum Gasteiger partial charge on any atom is 0.287 e. The number of rotatable bonds is 4. The standard InChI is InChI=1S/C23H28N2O3/c26-22(21-11-15-5-1-4-8-19(15)27-21)24-12-17-18-13-25(16-6-2-3-7-16)14-23(18)10-9-20(17)28-23/h1,4-5,8,11,16-18,20H,2-3,6-7,9-10,12-14H2,(H,24,26)/t17-,18+,20+,23+/m0/s1. The number of carbonyl (C=O) groups excluding carboxylic acids is 1. The quantitative estimate of drug-likeness (QED) is 0.881. The maximum absolute atomic E-state index is 12.7. The molecule has 2 aromatic rings. The zero-order chi connectivity index (χ0) is 18.7. The van der Waals surface area contributed by atoms with E-state index < -0.39 is 0 Å². The number of carbonyl (C=O) groups is 1. The third-order valence-corrected chi connectivity index (χ3v) is 7.80. The number of nitrogens with one attached hydrogen (secondary N) is 1. The van der Waals surface area contributed by atoms with Crippen molar-refractivity contribution in [3.05, 3.63) is 36.1 Å². The second-order valence-electron chi connectivity index (χ2n) is 9.26. The van der Waals surface area contributed by atoms with Crippen molar-refractivity contribution in [1.82, 2.24) is 10.2 Å². The smallest absolute Gasteiger partial charge is 0.287 e. The van der Waals surface area contributed by atoms with E-state index >= 15 is 0 Å². The molecule has 4 fully saturated rings. The molecule has 1 amide bonds. The lowest BCUT2D eigenvalue weighted by atomic mass is 9.73. The molecule has 1 aromatic heterocycles. The first-order chi connectivity index (χ1) is 13.7. The molecule has 5 nitrogen and oxygen atoms in total. The Balaban J connectivity index is 1.15. The van der Waals surface area contributed by atoms with Gasteiger partial charge in [-0.25, -0.2) is 0 Å². The lowest BCUT2D eigenvalue weighted by Crippen LogP contribution is -2.41. The SMILES string of the molecule is O=C(NC[C@H]1[C@H]2CN(C3CCCC3)C[C@]23CC[C@H]1O3)c1cc2ccccc2o1. The van der Waals surface area contributed by atoms with Gasteiger partial charge in [0.05, 0.1) is 11.7 Å². The van der Waals surface area contributed by atoms with Crippen LogP contribution in [0.5, 0.6) is 0 Å². The molecule has 1 saturated carbocycles.